The van der Waals surface area contributed by atoms with Crippen molar-refractivity contribution in [1.29, 1.82) is 0 Å². The number of nitrogens with zero attached hydrogens (tertiary/aromatic N) is 3. The molecule has 138 valence electrons. The number of hydrogen-bond acceptors (Lipinski definition) is 5. The van der Waals surface area contributed by atoms with Crippen LogP contribution in [0.2, 0.25) is 0 Å². The predicted molar refractivity (Wildman–Crippen MR) is 96.0 cm³/mol. The summed E-state index contributed by atoms with van der Waals surface area (Å²) in [6.07, 6.45) is 2.80. The third-order valence-corrected chi connectivity index (χ3v) is 5.87. The van der Waals surface area contributed by atoms with E-state index in [1.165, 1.54) is 5.56 Å². The second-order valence-corrected chi connectivity index (χ2v) is 7.44. The minimum Gasteiger partial charge on any atom is -0.381 e. The summed E-state index contributed by atoms with van der Waals surface area (Å²) >= 11 is 0. The molecule has 0 N–H and O–H groups in total. The lowest BCUT2D eigenvalue weighted by Crippen LogP contribution is -2.37. The molecular weight excluding hydrogens is 330 g/mol. The number of aryl methyl sites for hydroxylation is 2. The number of benzene rings is 1. The van der Waals surface area contributed by atoms with Gasteiger partial charge in [-0.2, -0.15) is 4.98 Å². The van der Waals surface area contributed by atoms with E-state index in [-0.39, 0.29) is 17.2 Å². The highest BCUT2D eigenvalue weighted by atomic mass is 16.5. The Labute approximate surface area is 153 Å². The zero-order chi connectivity index (χ0) is 18.1. The van der Waals surface area contributed by atoms with E-state index in [2.05, 4.69) is 17.1 Å². The van der Waals surface area contributed by atoms with Crippen molar-refractivity contribution in [3.8, 4) is 0 Å². The van der Waals surface area contributed by atoms with Gasteiger partial charge in [0.05, 0.1) is 5.92 Å². The molecule has 1 aromatic heterocycles. The van der Waals surface area contributed by atoms with E-state index in [0.717, 1.165) is 44.6 Å². The molecule has 2 aromatic rings. The SMILES string of the molecule is CCc1ccc(C(=O)N2C[C@@H](c3nc(C)no3)C3(CCOCC3)C2)cc1. The monoisotopic (exact) mass is 355 g/mol. The average Bonchev–Trinajstić information content (AvgIpc) is 3.26. The fourth-order valence-electron chi connectivity index (χ4n) is 4.27. The van der Waals surface area contributed by atoms with Crippen LogP contribution in [0.1, 0.15) is 53.3 Å². The summed E-state index contributed by atoms with van der Waals surface area (Å²) in [5, 5.41) is 3.97. The van der Waals surface area contributed by atoms with Crippen LogP contribution in [-0.2, 0) is 11.2 Å². The molecule has 1 aromatic carbocycles. The van der Waals surface area contributed by atoms with E-state index in [1.807, 2.05) is 36.1 Å². The molecule has 6 nitrogen and oxygen atoms in total. The van der Waals surface area contributed by atoms with E-state index in [0.29, 0.717) is 18.3 Å². The number of amides is 1. The molecule has 26 heavy (non-hydrogen) atoms. The second kappa shape index (κ2) is 6.83. The Hall–Kier alpha value is -2.21. The molecule has 0 saturated carbocycles. The first-order chi connectivity index (χ1) is 12.6. The van der Waals surface area contributed by atoms with Crippen molar-refractivity contribution in [2.24, 2.45) is 5.41 Å². The second-order valence-electron chi connectivity index (χ2n) is 7.44. The van der Waals surface area contributed by atoms with Crippen molar-refractivity contribution in [3.63, 3.8) is 0 Å². The molecule has 0 radical (unpaired) electrons. The summed E-state index contributed by atoms with van der Waals surface area (Å²) in [7, 11) is 0. The van der Waals surface area contributed by atoms with Gasteiger partial charge in [0.25, 0.3) is 5.91 Å². The summed E-state index contributed by atoms with van der Waals surface area (Å²) in [6.45, 7) is 6.72. The lowest BCUT2D eigenvalue weighted by molar-refractivity contribution is 0.00836. The highest BCUT2D eigenvalue weighted by Gasteiger charge is 2.51. The van der Waals surface area contributed by atoms with Crippen molar-refractivity contribution in [2.75, 3.05) is 26.3 Å². The average molecular weight is 355 g/mol. The van der Waals surface area contributed by atoms with Crippen LogP contribution in [-0.4, -0.2) is 47.3 Å². The lowest BCUT2D eigenvalue weighted by Gasteiger charge is -2.36. The van der Waals surface area contributed by atoms with Crippen molar-refractivity contribution in [1.82, 2.24) is 15.0 Å². The van der Waals surface area contributed by atoms with Crippen LogP contribution in [0, 0.1) is 12.3 Å². The summed E-state index contributed by atoms with van der Waals surface area (Å²) < 4.78 is 11.1. The highest BCUT2D eigenvalue weighted by Crippen LogP contribution is 2.49. The van der Waals surface area contributed by atoms with E-state index in [1.54, 1.807) is 0 Å². The van der Waals surface area contributed by atoms with Crippen LogP contribution in [0.15, 0.2) is 28.8 Å². The molecule has 2 aliphatic rings. The molecule has 2 fully saturated rings. The zero-order valence-electron chi connectivity index (χ0n) is 15.4. The molecule has 3 heterocycles. The molecule has 0 bridgehead atoms. The number of aromatic nitrogens is 2. The minimum absolute atomic E-state index is 0.0315. The third-order valence-electron chi connectivity index (χ3n) is 5.87. The van der Waals surface area contributed by atoms with Gasteiger partial charge >= 0.3 is 0 Å². The summed E-state index contributed by atoms with van der Waals surface area (Å²) in [4.78, 5) is 19.5. The first-order valence-corrected chi connectivity index (χ1v) is 9.37. The Morgan fingerprint density at radius 1 is 1.27 bits per heavy atom. The molecule has 4 rings (SSSR count). The van der Waals surface area contributed by atoms with E-state index >= 15 is 0 Å². The Kier molecular flexibility index (Phi) is 4.53. The Morgan fingerprint density at radius 2 is 2.00 bits per heavy atom. The number of carbonyl (C=O) groups excluding carboxylic acids is 1. The summed E-state index contributed by atoms with van der Waals surface area (Å²) in [5.74, 6) is 1.45. The third kappa shape index (κ3) is 3.03. The molecule has 0 aliphatic carbocycles. The first kappa shape index (κ1) is 17.2. The fourth-order valence-corrected chi connectivity index (χ4v) is 4.27. The van der Waals surface area contributed by atoms with Crippen LogP contribution in [0.5, 0.6) is 0 Å². The quantitative estimate of drug-likeness (QED) is 0.847. The molecule has 0 unspecified atom stereocenters. The molecule has 6 heteroatoms. The molecular formula is C20H25N3O3. The minimum atomic E-state index is -0.0315. The fraction of sp³-hybridized carbons (Fsp3) is 0.550. The number of carbonyl (C=O) groups is 1. The number of likely N-dealkylation sites (tertiary alicyclic amines) is 1. The predicted octanol–water partition coefficient (Wildman–Crippen LogP) is 2.98. The maximum atomic E-state index is 13.1. The Morgan fingerprint density at radius 3 is 2.62 bits per heavy atom. The van der Waals surface area contributed by atoms with Crippen molar-refractivity contribution >= 4 is 5.91 Å². The maximum absolute atomic E-state index is 13.1. The van der Waals surface area contributed by atoms with Gasteiger partial charge in [-0.25, -0.2) is 0 Å². The largest absolute Gasteiger partial charge is 0.381 e. The molecule has 2 saturated heterocycles. The zero-order valence-corrected chi connectivity index (χ0v) is 15.4. The maximum Gasteiger partial charge on any atom is 0.253 e. The van der Waals surface area contributed by atoms with Crippen molar-refractivity contribution < 1.29 is 14.1 Å². The van der Waals surface area contributed by atoms with E-state index in [4.69, 9.17) is 9.26 Å². The van der Waals surface area contributed by atoms with Crippen LogP contribution in [0.4, 0.5) is 0 Å². The number of rotatable bonds is 3. The van der Waals surface area contributed by atoms with E-state index < -0.39 is 0 Å². The van der Waals surface area contributed by atoms with Crippen molar-refractivity contribution in [3.05, 3.63) is 47.1 Å². The van der Waals surface area contributed by atoms with Crippen LogP contribution in [0.25, 0.3) is 0 Å². The van der Waals surface area contributed by atoms with Crippen LogP contribution >= 0.6 is 0 Å². The highest BCUT2D eigenvalue weighted by molar-refractivity contribution is 5.94. The topological polar surface area (TPSA) is 68.5 Å². The van der Waals surface area contributed by atoms with Gasteiger partial charge < -0.3 is 14.2 Å². The number of hydrogen-bond donors (Lipinski definition) is 0. The van der Waals surface area contributed by atoms with Gasteiger partial charge in [-0.3, -0.25) is 4.79 Å². The molecule has 1 atom stereocenters. The van der Waals surface area contributed by atoms with Gasteiger partial charge in [-0.15, -0.1) is 0 Å². The van der Waals surface area contributed by atoms with Gasteiger partial charge in [-0.05, 0) is 43.9 Å². The first-order valence-electron chi connectivity index (χ1n) is 9.37. The normalized spacial score (nSPS) is 22.1. The molecule has 2 aliphatic heterocycles. The van der Waals surface area contributed by atoms with Crippen LogP contribution in [0.3, 0.4) is 0 Å². The van der Waals surface area contributed by atoms with Gasteiger partial charge in [0, 0.05) is 37.3 Å². The number of ether oxygens (including phenoxy) is 1. The summed E-state index contributed by atoms with van der Waals surface area (Å²) in [5.41, 5.74) is 1.95. The smallest absolute Gasteiger partial charge is 0.253 e. The lowest BCUT2D eigenvalue weighted by atomic mass is 9.72. The van der Waals surface area contributed by atoms with Gasteiger partial charge in [0.1, 0.15) is 0 Å². The van der Waals surface area contributed by atoms with Gasteiger partial charge in [0.2, 0.25) is 5.89 Å². The van der Waals surface area contributed by atoms with Gasteiger partial charge in [0.15, 0.2) is 5.82 Å². The summed E-state index contributed by atoms with van der Waals surface area (Å²) in [6, 6.07) is 7.93. The molecule has 1 amide bonds. The Balaban J connectivity index is 1.60. The molecule has 1 spiro atoms. The van der Waals surface area contributed by atoms with Crippen molar-refractivity contribution in [2.45, 2.75) is 39.0 Å². The Bertz CT molecular complexity index is 778. The van der Waals surface area contributed by atoms with Crippen LogP contribution < -0.4 is 0 Å². The van der Waals surface area contributed by atoms with E-state index in [9.17, 15) is 4.79 Å². The standard InChI is InChI=1S/C20H25N3O3/c1-3-15-4-6-16(7-5-15)19(24)23-12-17(18-21-14(2)22-26-18)20(13-23)8-10-25-11-9-20/h4-7,17H,3,8-13H2,1-2H3/t17-/m0/s1. The van der Waals surface area contributed by atoms with Gasteiger partial charge in [-0.1, -0.05) is 24.2 Å².